The van der Waals surface area contributed by atoms with Gasteiger partial charge >= 0.3 is 5.69 Å². The van der Waals surface area contributed by atoms with Crippen LogP contribution in [0.3, 0.4) is 0 Å². The van der Waals surface area contributed by atoms with E-state index in [4.69, 9.17) is 0 Å². The summed E-state index contributed by atoms with van der Waals surface area (Å²) in [4.78, 5) is 39.0. The Morgan fingerprint density at radius 2 is 1.96 bits per heavy atom. The monoisotopic (exact) mass is 354 g/mol. The molecule has 1 aromatic carbocycles. The Morgan fingerprint density at radius 1 is 1.25 bits per heavy atom. The molecule has 0 radical (unpaired) electrons. The minimum Gasteiger partial charge on any atom is -0.358 e. The lowest BCUT2D eigenvalue weighted by atomic mass is 10.2. The molecule has 0 spiro atoms. The molecule has 24 heavy (non-hydrogen) atoms. The number of sulfonamides is 1. The first-order valence-corrected chi connectivity index (χ1v) is 8.70. The van der Waals surface area contributed by atoms with Crippen molar-refractivity contribution < 1.29 is 13.2 Å². The molecule has 1 heterocycles. The van der Waals surface area contributed by atoms with Gasteiger partial charge in [-0.1, -0.05) is 6.92 Å². The number of carbonyl (C=O) groups excluding carboxylic acids is 1. The summed E-state index contributed by atoms with van der Waals surface area (Å²) in [7, 11) is -2.54. The number of H-pyrrole nitrogens is 2. The Labute approximate surface area is 137 Å². The second-order valence-corrected chi connectivity index (χ2v) is 7.07. The predicted molar refractivity (Wildman–Crippen MR) is 88.3 cm³/mol. The predicted octanol–water partition coefficient (Wildman–Crippen LogP) is -0.637. The van der Waals surface area contributed by atoms with Crippen molar-refractivity contribution in [1.29, 1.82) is 0 Å². The molecule has 1 amide bonds. The second-order valence-electron chi connectivity index (χ2n) is 5.13. The van der Waals surface area contributed by atoms with Gasteiger partial charge in [0.15, 0.2) is 0 Å². The zero-order valence-electron chi connectivity index (χ0n) is 13.3. The van der Waals surface area contributed by atoms with E-state index < -0.39 is 27.2 Å². The van der Waals surface area contributed by atoms with Crippen LogP contribution in [0, 0.1) is 0 Å². The zero-order valence-corrected chi connectivity index (χ0v) is 14.1. The van der Waals surface area contributed by atoms with Gasteiger partial charge in [0.25, 0.3) is 5.56 Å². The fourth-order valence-electron chi connectivity index (χ4n) is 2.23. The highest BCUT2D eigenvalue weighted by molar-refractivity contribution is 7.89. The van der Waals surface area contributed by atoms with E-state index in [1.54, 1.807) is 6.92 Å². The van der Waals surface area contributed by atoms with Crippen LogP contribution < -0.4 is 16.6 Å². The maximum atomic E-state index is 12.8. The van der Waals surface area contributed by atoms with Gasteiger partial charge in [0.05, 0.1) is 22.3 Å². The first kappa shape index (κ1) is 17.9. The van der Waals surface area contributed by atoms with Gasteiger partial charge in [-0.15, -0.1) is 0 Å². The van der Waals surface area contributed by atoms with Crippen LogP contribution in [0.4, 0.5) is 0 Å². The summed E-state index contributed by atoms with van der Waals surface area (Å²) in [5, 5.41) is 2.43. The molecule has 130 valence electrons. The van der Waals surface area contributed by atoms with Crippen molar-refractivity contribution in [3.8, 4) is 0 Å². The van der Waals surface area contributed by atoms with Gasteiger partial charge in [-0.25, -0.2) is 13.2 Å². The smallest absolute Gasteiger partial charge is 0.326 e. The van der Waals surface area contributed by atoms with Gasteiger partial charge in [-0.05, 0) is 24.6 Å². The molecular formula is C14H18N4O5S. The second kappa shape index (κ2) is 6.97. The molecule has 0 unspecified atom stereocenters. The van der Waals surface area contributed by atoms with Crippen LogP contribution in [0.5, 0.6) is 0 Å². The van der Waals surface area contributed by atoms with Crippen LogP contribution in [0.1, 0.15) is 13.3 Å². The maximum absolute atomic E-state index is 12.8. The number of nitrogens with one attached hydrogen (secondary N) is 3. The minimum absolute atomic E-state index is 0.0482. The molecule has 0 aliphatic carbocycles. The Balaban J connectivity index is 2.54. The normalized spacial score (nSPS) is 11.8. The van der Waals surface area contributed by atoms with Crippen LogP contribution in [-0.4, -0.2) is 48.7 Å². The minimum atomic E-state index is -3.96. The Morgan fingerprint density at radius 3 is 2.58 bits per heavy atom. The number of fused-ring (bicyclic) bond motifs is 1. The van der Waals surface area contributed by atoms with E-state index in [1.807, 2.05) is 4.98 Å². The van der Waals surface area contributed by atoms with Gasteiger partial charge in [-0.2, -0.15) is 4.31 Å². The van der Waals surface area contributed by atoms with E-state index in [0.29, 0.717) is 6.42 Å². The Hall–Kier alpha value is -2.46. The summed E-state index contributed by atoms with van der Waals surface area (Å²) >= 11 is 0. The fraction of sp³-hybridized carbons (Fsp3) is 0.357. The number of hydrogen-bond donors (Lipinski definition) is 3. The number of aromatic nitrogens is 2. The van der Waals surface area contributed by atoms with E-state index in [-0.39, 0.29) is 28.9 Å². The summed E-state index contributed by atoms with van der Waals surface area (Å²) in [5.74, 6) is -0.435. The number of hydrogen-bond acceptors (Lipinski definition) is 5. The summed E-state index contributed by atoms with van der Waals surface area (Å²) in [6.45, 7) is 1.64. The van der Waals surface area contributed by atoms with E-state index >= 15 is 0 Å². The number of nitrogens with zero attached hydrogens (tertiary/aromatic N) is 1. The Kier molecular flexibility index (Phi) is 5.20. The van der Waals surface area contributed by atoms with E-state index in [9.17, 15) is 22.8 Å². The van der Waals surface area contributed by atoms with Crippen molar-refractivity contribution in [2.75, 3.05) is 20.1 Å². The van der Waals surface area contributed by atoms with Crippen molar-refractivity contribution in [3.05, 3.63) is 39.0 Å². The highest BCUT2D eigenvalue weighted by Gasteiger charge is 2.26. The molecule has 0 aliphatic heterocycles. The molecule has 2 aromatic rings. The number of amides is 1. The molecule has 0 atom stereocenters. The molecular weight excluding hydrogens is 336 g/mol. The van der Waals surface area contributed by atoms with Crippen molar-refractivity contribution >= 4 is 26.8 Å². The van der Waals surface area contributed by atoms with E-state index in [1.165, 1.54) is 25.2 Å². The lowest BCUT2D eigenvalue weighted by Crippen LogP contribution is -2.40. The highest BCUT2D eigenvalue weighted by atomic mass is 32.2. The van der Waals surface area contributed by atoms with Gasteiger partial charge in [0.1, 0.15) is 0 Å². The first-order valence-electron chi connectivity index (χ1n) is 7.26. The average Bonchev–Trinajstić information content (AvgIpc) is 2.53. The molecule has 3 N–H and O–H groups in total. The summed E-state index contributed by atoms with van der Waals surface area (Å²) in [6.07, 6.45) is 0.526. The topological polar surface area (TPSA) is 132 Å². The summed E-state index contributed by atoms with van der Waals surface area (Å²) in [5.41, 5.74) is -1.12. The standard InChI is InChI=1S/C14H18N4O5S/c1-3-6-18(8-12(19)15-2)24(22,23)9-4-5-11-10(7-9)13(20)17-14(21)16-11/h4-5,7H,3,6,8H2,1-2H3,(H,15,19)(H2,16,17,20,21). The zero-order chi connectivity index (χ0) is 17.9. The maximum Gasteiger partial charge on any atom is 0.326 e. The van der Waals surface area contributed by atoms with Crippen LogP contribution in [0.2, 0.25) is 0 Å². The van der Waals surface area contributed by atoms with Gasteiger partial charge in [-0.3, -0.25) is 14.6 Å². The molecule has 0 aliphatic rings. The third kappa shape index (κ3) is 3.54. The Bertz CT molecular complexity index is 977. The average molecular weight is 354 g/mol. The third-order valence-electron chi connectivity index (χ3n) is 3.42. The molecule has 0 saturated heterocycles. The number of rotatable bonds is 6. The highest BCUT2D eigenvalue weighted by Crippen LogP contribution is 2.19. The first-order chi connectivity index (χ1) is 11.3. The van der Waals surface area contributed by atoms with Crippen LogP contribution >= 0.6 is 0 Å². The number of carbonyl (C=O) groups is 1. The number of benzene rings is 1. The molecule has 10 heteroatoms. The van der Waals surface area contributed by atoms with E-state index in [2.05, 4.69) is 10.3 Å². The molecule has 1 aromatic heterocycles. The third-order valence-corrected chi connectivity index (χ3v) is 5.26. The van der Waals surface area contributed by atoms with E-state index in [0.717, 1.165) is 4.31 Å². The largest absolute Gasteiger partial charge is 0.358 e. The SMILES string of the molecule is CCCN(CC(=O)NC)S(=O)(=O)c1ccc2[nH]c(=O)[nH]c(=O)c2c1. The van der Waals surface area contributed by atoms with Crippen molar-refractivity contribution in [2.45, 2.75) is 18.2 Å². The molecule has 0 saturated carbocycles. The molecule has 2 rings (SSSR count). The fourth-order valence-corrected chi connectivity index (χ4v) is 3.74. The van der Waals surface area contributed by atoms with Crippen LogP contribution in [0.15, 0.2) is 32.7 Å². The lowest BCUT2D eigenvalue weighted by Gasteiger charge is -2.20. The van der Waals surface area contributed by atoms with Crippen molar-refractivity contribution in [1.82, 2.24) is 19.6 Å². The van der Waals surface area contributed by atoms with Gasteiger partial charge < -0.3 is 10.3 Å². The number of likely N-dealkylation sites (N-methyl/N-ethyl adjacent to an activating group) is 1. The summed E-state index contributed by atoms with van der Waals surface area (Å²) < 4.78 is 26.6. The number of aromatic amines is 2. The van der Waals surface area contributed by atoms with Crippen molar-refractivity contribution in [3.63, 3.8) is 0 Å². The quantitative estimate of drug-likeness (QED) is 0.635. The summed E-state index contributed by atoms with van der Waals surface area (Å²) in [6, 6.07) is 3.83. The molecule has 9 nitrogen and oxygen atoms in total. The lowest BCUT2D eigenvalue weighted by molar-refractivity contribution is -0.120. The van der Waals surface area contributed by atoms with Crippen molar-refractivity contribution in [2.24, 2.45) is 0 Å². The van der Waals surface area contributed by atoms with Crippen LogP contribution in [-0.2, 0) is 14.8 Å². The van der Waals surface area contributed by atoms with Gasteiger partial charge in [0.2, 0.25) is 15.9 Å². The molecule has 0 fully saturated rings. The molecule has 0 bridgehead atoms. The van der Waals surface area contributed by atoms with Crippen LogP contribution in [0.25, 0.3) is 10.9 Å². The van der Waals surface area contributed by atoms with Gasteiger partial charge in [0, 0.05) is 13.6 Å².